The normalized spacial score (nSPS) is 11.5. The molecule has 0 atom stereocenters. The highest BCUT2D eigenvalue weighted by molar-refractivity contribution is 6.16. The number of aromatic amines is 1. The first-order valence-electron chi connectivity index (χ1n) is 10.9. The molecule has 0 bridgehead atoms. The van der Waals surface area contributed by atoms with E-state index in [-0.39, 0.29) is 17.9 Å². The molecule has 4 rings (SSSR count). The lowest BCUT2D eigenvalue weighted by atomic mass is 9.98. The number of fused-ring (bicyclic) bond motifs is 1. The number of aromatic nitrogens is 2. The highest BCUT2D eigenvalue weighted by atomic mass is 19.1. The smallest absolute Gasteiger partial charge is 0.198 e. The van der Waals surface area contributed by atoms with Crippen molar-refractivity contribution in [1.29, 1.82) is 0 Å². The second-order valence-corrected chi connectivity index (χ2v) is 8.09. The molecule has 0 aliphatic rings. The minimum absolute atomic E-state index is 0.00537. The zero-order valence-electron chi connectivity index (χ0n) is 19.5. The topological polar surface area (TPSA) is 79.7 Å². The summed E-state index contributed by atoms with van der Waals surface area (Å²) >= 11 is 0. The van der Waals surface area contributed by atoms with E-state index in [0.29, 0.717) is 28.0 Å². The number of ketones is 1. The first-order chi connectivity index (χ1) is 16.4. The van der Waals surface area contributed by atoms with E-state index in [1.165, 1.54) is 0 Å². The molecule has 0 aliphatic carbocycles. The van der Waals surface area contributed by atoms with Crippen LogP contribution in [-0.4, -0.2) is 34.3 Å². The Labute approximate surface area is 197 Å². The summed E-state index contributed by atoms with van der Waals surface area (Å²) in [5.41, 5.74) is 4.14. The first kappa shape index (κ1) is 23.0. The Morgan fingerprint density at radius 1 is 1.12 bits per heavy atom. The quantitative estimate of drug-likeness (QED) is 0.230. The molecule has 0 saturated heterocycles. The van der Waals surface area contributed by atoms with Crippen LogP contribution in [0.5, 0.6) is 5.75 Å². The minimum atomic E-state index is -0.673. The molecular weight excluding hydrogens is 431 g/mol. The molecule has 2 heterocycles. The molecule has 0 radical (unpaired) electrons. The number of carbonyl (C=O) groups excluding carboxylic acids is 1. The van der Waals surface area contributed by atoms with Crippen LogP contribution in [-0.2, 0) is 6.61 Å². The zero-order valence-corrected chi connectivity index (χ0v) is 19.5. The van der Waals surface area contributed by atoms with E-state index in [9.17, 15) is 4.79 Å². The fourth-order valence-corrected chi connectivity index (χ4v) is 3.69. The van der Waals surface area contributed by atoms with Crippen LogP contribution in [0.4, 0.5) is 4.39 Å². The van der Waals surface area contributed by atoms with Gasteiger partial charge in [0.25, 0.3) is 0 Å². The lowest BCUT2D eigenvalue weighted by molar-refractivity contribution is 0.103. The Kier molecular flexibility index (Phi) is 6.63. The molecule has 0 amide bonds. The van der Waals surface area contributed by atoms with Crippen LogP contribution in [0.3, 0.4) is 0 Å². The van der Waals surface area contributed by atoms with Gasteiger partial charge >= 0.3 is 0 Å². The number of H-pyrrole nitrogens is 1. The number of halogens is 1. The highest BCUT2D eigenvalue weighted by Crippen LogP contribution is 2.28. The Balaban J connectivity index is 1.56. The van der Waals surface area contributed by atoms with Gasteiger partial charge in [-0.2, -0.15) is 0 Å². The van der Waals surface area contributed by atoms with Gasteiger partial charge in [-0.05, 0) is 50.1 Å². The van der Waals surface area contributed by atoms with Crippen molar-refractivity contribution < 1.29 is 13.9 Å². The molecule has 7 heteroatoms. The fraction of sp³-hybridized carbons (Fsp3) is 0.185. The molecule has 4 aromatic rings. The molecule has 34 heavy (non-hydrogen) atoms. The van der Waals surface area contributed by atoms with Crippen molar-refractivity contribution in [2.24, 2.45) is 9.98 Å². The van der Waals surface area contributed by atoms with Crippen LogP contribution in [0, 0.1) is 12.7 Å². The summed E-state index contributed by atoms with van der Waals surface area (Å²) in [5.74, 6) is -0.416. The number of rotatable bonds is 6. The van der Waals surface area contributed by atoms with Crippen molar-refractivity contribution >= 4 is 28.4 Å². The van der Waals surface area contributed by atoms with E-state index >= 15 is 4.39 Å². The van der Waals surface area contributed by atoms with E-state index < -0.39 is 11.6 Å². The molecule has 2 aromatic heterocycles. The molecule has 1 N–H and O–H groups in total. The van der Waals surface area contributed by atoms with Crippen molar-refractivity contribution in [3.8, 4) is 5.75 Å². The minimum Gasteiger partial charge on any atom is -0.486 e. The van der Waals surface area contributed by atoms with Crippen LogP contribution in [0.25, 0.3) is 11.0 Å². The van der Waals surface area contributed by atoms with Crippen molar-refractivity contribution in [3.63, 3.8) is 0 Å². The number of hydrogen-bond acceptors (Lipinski definition) is 4. The second-order valence-electron chi connectivity index (χ2n) is 8.09. The van der Waals surface area contributed by atoms with Crippen molar-refractivity contribution in [3.05, 3.63) is 94.6 Å². The third-order valence-corrected chi connectivity index (χ3v) is 5.39. The van der Waals surface area contributed by atoms with Gasteiger partial charge in [0.1, 0.15) is 12.3 Å². The van der Waals surface area contributed by atoms with E-state index in [4.69, 9.17) is 4.74 Å². The molecule has 6 nitrogen and oxygen atoms in total. The van der Waals surface area contributed by atoms with E-state index in [1.807, 2.05) is 38.1 Å². The molecule has 0 aliphatic heterocycles. The standard InChI is InChI=1S/C27H25FN4O2/c1-16(2)32-26(29-4)19-10-8-18(9-11-19)15-34-22-12-7-17(3)23(24(22)28)25(33)21-14-31-27-20(21)6-5-13-30-27/h5-14H,15H2,1-4H3,(H,30,31)/b29-26-. The van der Waals surface area contributed by atoms with Crippen LogP contribution in [0.15, 0.2) is 70.9 Å². The van der Waals surface area contributed by atoms with Crippen molar-refractivity contribution in [1.82, 2.24) is 9.97 Å². The van der Waals surface area contributed by atoms with E-state index in [1.54, 1.807) is 50.6 Å². The summed E-state index contributed by atoms with van der Waals surface area (Å²) in [5, 5.41) is 0.648. The molecule has 0 unspecified atom stereocenters. The largest absolute Gasteiger partial charge is 0.486 e. The first-order valence-corrected chi connectivity index (χ1v) is 10.9. The van der Waals surface area contributed by atoms with Gasteiger partial charge in [-0.1, -0.05) is 30.3 Å². The lowest BCUT2D eigenvalue weighted by Gasteiger charge is -2.12. The van der Waals surface area contributed by atoms with E-state index in [0.717, 1.165) is 16.8 Å². The number of aliphatic imine (C=N–C) groups is 2. The predicted molar refractivity (Wildman–Crippen MR) is 133 cm³/mol. The van der Waals surface area contributed by atoms with Crippen LogP contribution < -0.4 is 4.74 Å². The van der Waals surface area contributed by atoms with Gasteiger partial charge in [-0.3, -0.25) is 9.79 Å². The molecule has 0 fully saturated rings. The van der Waals surface area contributed by atoms with Gasteiger partial charge in [0, 0.05) is 41.7 Å². The number of nitrogens with zero attached hydrogens (tertiary/aromatic N) is 3. The second kappa shape index (κ2) is 9.79. The van der Waals surface area contributed by atoms with Crippen LogP contribution >= 0.6 is 0 Å². The fourth-order valence-electron chi connectivity index (χ4n) is 3.69. The van der Waals surface area contributed by atoms with Gasteiger partial charge in [0.15, 0.2) is 23.2 Å². The summed E-state index contributed by atoms with van der Waals surface area (Å²) in [6.45, 7) is 5.69. The summed E-state index contributed by atoms with van der Waals surface area (Å²) in [4.78, 5) is 29.0. The maximum atomic E-state index is 15.4. The Hall–Kier alpha value is -4.13. The number of benzene rings is 2. The third kappa shape index (κ3) is 4.64. The molecule has 0 saturated carbocycles. The average molecular weight is 457 g/mol. The maximum Gasteiger partial charge on any atom is 0.198 e. The summed E-state index contributed by atoms with van der Waals surface area (Å²) in [6.07, 6.45) is 3.19. The van der Waals surface area contributed by atoms with Gasteiger partial charge in [-0.25, -0.2) is 14.4 Å². The van der Waals surface area contributed by atoms with Gasteiger partial charge in [0.05, 0.1) is 5.56 Å². The number of pyridine rings is 1. The van der Waals surface area contributed by atoms with Crippen LogP contribution in [0.2, 0.25) is 0 Å². The zero-order chi connectivity index (χ0) is 24.2. The molecular formula is C27H25FN4O2. The number of amidine groups is 1. The Morgan fingerprint density at radius 2 is 1.88 bits per heavy atom. The van der Waals surface area contributed by atoms with Gasteiger partial charge in [-0.15, -0.1) is 0 Å². The molecule has 172 valence electrons. The number of aryl methyl sites for hydroxylation is 1. The SMILES string of the molecule is C/N=C(\N=C(C)C)c1ccc(COc2ccc(C)c(C(=O)c3c[nH]c4ncccc34)c2F)cc1. The third-order valence-electron chi connectivity index (χ3n) is 5.39. The number of hydrogen-bond donors (Lipinski definition) is 1. The maximum absolute atomic E-state index is 15.4. The average Bonchev–Trinajstić information content (AvgIpc) is 3.26. The van der Waals surface area contributed by atoms with Crippen molar-refractivity contribution in [2.45, 2.75) is 27.4 Å². The highest BCUT2D eigenvalue weighted by Gasteiger charge is 2.23. The number of ether oxygens (including phenoxy) is 1. The van der Waals surface area contributed by atoms with Crippen molar-refractivity contribution in [2.75, 3.05) is 7.05 Å². The molecule has 2 aromatic carbocycles. The van der Waals surface area contributed by atoms with Gasteiger partial charge in [0.2, 0.25) is 0 Å². The summed E-state index contributed by atoms with van der Waals surface area (Å²) in [7, 11) is 1.70. The number of nitrogens with one attached hydrogen (secondary N) is 1. The van der Waals surface area contributed by atoms with E-state index in [2.05, 4.69) is 20.0 Å². The van der Waals surface area contributed by atoms with Gasteiger partial charge < -0.3 is 9.72 Å². The Morgan fingerprint density at radius 3 is 2.59 bits per heavy atom. The van der Waals surface area contributed by atoms with Crippen LogP contribution in [0.1, 0.15) is 46.5 Å². The number of carbonyl (C=O) groups is 1. The molecule has 0 spiro atoms. The predicted octanol–water partition coefficient (Wildman–Crippen LogP) is 5.68. The lowest BCUT2D eigenvalue weighted by Crippen LogP contribution is -2.09. The summed E-state index contributed by atoms with van der Waals surface area (Å²) in [6, 6.07) is 14.3. The summed E-state index contributed by atoms with van der Waals surface area (Å²) < 4.78 is 21.2. The Bertz CT molecular complexity index is 1410. The monoisotopic (exact) mass is 456 g/mol.